The molecule has 21 heavy (non-hydrogen) atoms. The molecule has 0 spiro atoms. The number of ether oxygens (including phenoxy) is 1. The molecule has 0 radical (unpaired) electrons. The molecule has 2 rings (SSSR count). The number of rotatable bonds is 5. The largest absolute Gasteiger partial charge is 0.495 e. The second-order valence-corrected chi connectivity index (χ2v) is 5.86. The van der Waals surface area contributed by atoms with Crippen LogP contribution in [0.4, 0.5) is 5.82 Å². The number of anilines is 1. The Bertz CT molecular complexity index is 782. The van der Waals surface area contributed by atoms with Crippen molar-refractivity contribution >= 4 is 21.8 Å². The third kappa shape index (κ3) is 3.14. The van der Waals surface area contributed by atoms with E-state index in [1.807, 2.05) is 0 Å². The highest BCUT2D eigenvalue weighted by Crippen LogP contribution is 2.26. The smallest absolute Gasteiger partial charge is 0.335 e. The van der Waals surface area contributed by atoms with E-state index in [4.69, 9.17) is 9.84 Å². The molecule has 0 atom stereocenters. The highest BCUT2D eigenvalue weighted by molar-refractivity contribution is 7.92. The van der Waals surface area contributed by atoms with Crippen LogP contribution in [0.1, 0.15) is 16.1 Å². The minimum absolute atomic E-state index is 0.0414. The second-order valence-electron chi connectivity index (χ2n) is 4.21. The zero-order valence-electron chi connectivity index (χ0n) is 11.2. The summed E-state index contributed by atoms with van der Waals surface area (Å²) in [7, 11) is -2.72. The van der Waals surface area contributed by atoms with Crippen LogP contribution >= 0.6 is 0 Å². The molecule has 9 heteroatoms. The first-order valence-electron chi connectivity index (χ1n) is 5.79. The molecule has 0 aliphatic carbocycles. The van der Waals surface area contributed by atoms with Crippen LogP contribution in [0.3, 0.4) is 0 Å². The first-order chi connectivity index (χ1) is 9.83. The van der Waals surface area contributed by atoms with Gasteiger partial charge in [-0.15, -0.1) is 0 Å². The Morgan fingerprint density at radius 1 is 1.38 bits per heavy atom. The number of H-pyrrole nitrogens is 1. The van der Waals surface area contributed by atoms with Gasteiger partial charge in [0.2, 0.25) is 0 Å². The number of sulfonamides is 1. The molecule has 0 bridgehead atoms. The van der Waals surface area contributed by atoms with Crippen LogP contribution in [0, 0.1) is 6.92 Å². The number of hydrogen-bond donors (Lipinski definition) is 3. The van der Waals surface area contributed by atoms with E-state index in [2.05, 4.69) is 14.9 Å². The Hall–Kier alpha value is -2.55. The lowest BCUT2D eigenvalue weighted by atomic mass is 10.2. The van der Waals surface area contributed by atoms with E-state index in [1.54, 1.807) is 6.92 Å². The Balaban J connectivity index is 2.47. The maximum absolute atomic E-state index is 12.3. The van der Waals surface area contributed by atoms with Crippen LogP contribution in [0.2, 0.25) is 0 Å². The van der Waals surface area contributed by atoms with Gasteiger partial charge in [-0.3, -0.25) is 9.82 Å². The molecule has 1 aromatic heterocycles. The van der Waals surface area contributed by atoms with Crippen molar-refractivity contribution < 1.29 is 23.1 Å². The standard InChI is InChI=1S/C12H13N3O5S/c1-7-5-11(14-13-7)15-21(18,19)10-6-8(12(16)17)3-4-9(10)20-2/h3-6H,1-2H3,(H,16,17)(H2,13,14,15). The summed E-state index contributed by atoms with van der Waals surface area (Å²) in [4.78, 5) is 10.7. The van der Waals surface area contributed by atoms with Gasteiger partial charge in [-0.1, -0.05) is 0 Å². The molecule has 0 saturated carbocycles. The number of methoxy groups -OCH3 is 1. The average Bonchev–Trinajstić information content (AvgIpc) is 2.82. The second kappa shape index (κ2) is 5.44. The number of nitrogens with one attached hydrogen (secondary N) is 2. The minimum atomic E-state index is -4.02. The summed E-state index contributed by atoms with van der Waals surface area (Å²) in [6.45, 7) is 1.72. The van der Waals surface area contributed by atoms with Gasteiger partial charge in [-0.2, -0.15) is 5.10 Å². The number of hydrogen-bond acceptors (Lipinski definition) is 5. The highest BCUT2D eigenvalue weighted by atomic mass is 32.2. The van der Waals surface area contributed by atoms with Crippen LogP contribution in [0.15, 0.2) is 29.2 Å². The molecular formula is C12H13N3O5S. The molecular weight excluding hydrogens is 298 g/mol. The van der Waals surface area contributed by atoms with E-state index in [9.17, 15) is 13.2 Å². The van der Waals surface area contributed by atoms with Crippen molar-refractivity contribution in [2.24, 2.45) is 0 Å². The number of aromatic carboxylic acids is 1. The van der Waals surface area contributed by atoms with E-state index >= 15 is 0 Å². The Morgan fingerprint density at radius 2 is 2.10 bits per heavy atom. The molecule has 0 unspecified atom stereocenters. The predicted octanol–water partition coefficient (Wildman–Crippen LogP) is 1.23. The molecule has 0 fully saturated rings. The van der Waals surface area contributed by atoms with Crippen molar-refractivity contribution in [1.82, 2.24) is 10.2 Å². The van der Waals surface area contributed by atoms with E-state index in [-0.39, 0.29) is 22.0 Å². The molecule has 2 aromatic rings. The number of carboxylic acid groups (broad SMARTS) is 1. The molecule has 0 amide bonds. The predicted molar refractivity (Wildman–Crippen MR) is 74.1 cm³/mol. The number of aryl methyl sites for hydroxylation is 1. The number of nitrogens with zero attached hydrogens (tertiary/aromatic N) is 1. The Morgan fingerprint density at radius 3 is 2.62 bits per heavy atom. The average molecular weight is 311 g/mol. The summed E-state index contributed by atoms with van der Waals surface area (Å²) in [6.07, 6.45) is 0. The molecule has 1 heterocycles. The number of benzene rings is 1. The van der Waals surface area contributed by atoms with Crippen LogP contribution in [0.5, 0.6) is 5.75 Å². The normalized spacial score (nSPS) is 11.1. The maximum atomic E-state index is 12.3. The summed E-state index contributed by atoms with van der Waals surface area (Å²) in [5, 5.41) is 15.3. The van der Waals surface area contributed by atoms with Crippen LogP contribution < -0.4 is 9.46 Å². The summed E-state index contributed by atoms with van der Waals surface area (Å²) < 4.78 is 31.9. The van der Waals surface area contributed by atoms with Gasteiger partial charge in [0, 0.05) is 11.8 Å². The summed E-state index contributed by atoms with van der Waals surface area (Å²) in [5.74, 6) is -1.08. The fourth-order valence-electron chi connectivity index (χ4n) is 1.68. The topological polar surface area (TPSA) is 121 Å². The van der Waals surface area contributed by atoms with Gasteiger partial charge in [0.05, 0.1) is 12.7 Å². The van der Waals surface area contributed by atoms with Crippen LogP contribution in [-0.2, 0) is 10.0 Å². The lowest BCUT2D eigenvalue weighted by Crippen LogP contribution is -2.15. The van der Waals surface area contributed by atoms with Gasteiger partial charge in [0.25, 0.3) is 10.0 Å². The van der Waals surface area contributed by atoms with Gasteiger partial charge in [-0.25, -0.2) is 13.2 Å². The lowest BCUT2D eigenvalue weighted by Gasteiger charge is -2.10. The molecule has 1 aromatic carbocycles. The third-order valence-corrected chi connectivity index (χ3v) is 4.02. The SMILES string of the molecule is COc1ccc(C(=O)O)cc1S(=O)(=O)Nc1cc(C)[nH]n1. The zero-order chi connectivity index (χ0) is 15.6. The first-order valence-corrected chi connectivity index (χ1v) is 7.28. The molecule has 112 valence electrons. The van der Waals surface area contributed by atoms with Crippen LogP contribution in [0.25, 0.3) is 0 Å². The van der Waals surface area contributed by atoms with Gasteiger partial charge in [-0.05, 0) is 25.1 Å². The summed E-state index contributed by atoms with van der Waals surface area (Å²) >= 11 is 0. The van der Waals surface area contributed by atoms with Crippen molar-refractivity contribution in [2.75, 3.05) is 11.8 Å². The number of carbonyl (C=O) groups is 1. The Labute approximate surface area is 120 Å². The van der Waals surface area contributed by atoms with Gasteiger partial charge in [0.15, 0.2) is 5.82 Å². The van der Waals surface area contributed by atoms with E-state index in [0.717, 1.165) is 6.07 Å². The Kier molecular flexibility index (Phi) is 3.85. The fourth-order valence-corrected chi connectivity index (χ4v) is 2.87. The van der Waals surface area contributed by atoms with Crippen molar-refractivity contribution in [3.05, 3.63) is 35.5 Å². The molecule has 0 saturated heterocycles. The van der Waals surface area contributed by atoms with Crippen molar-refractivity contribution in [3.63, 3.8) is 0 Å². The van der Waals surface area contributed by atoms with Gasteiger partial charge in [0.1, 0.15) is 10.6 Å². The van der Waals surface area contributed by atoms with Crippen molar-refractivity contribution in [1.29, 1.82) is 0 Å². The van der Waals surface area contributed by atoms with Crippen LogP contribution in [-0.4, -0.2) is 36.8 Å². The number of aromatic nitrogens is 2. The van der Waals surface area contributed by atoms with Gasteiger partial charge >= 0.3 is 5.97 Å². The van der Waals surface area contributed by atoms with E-state index < -0.39 is 16.0 Å². The van der Waals surface area contributed by atoms with E-state index in [0.29, 0.717) is 5.69 Å². The first kappa shape index (κ1) is 14.9. The lowest BCUT2D eigenvalue weighted by molar-refractivity contribution is 0.0696. The van der Waals surface area contributed by atoms with Crippen molar-refractivity contribution in [2.45, 2.75) is 11.8 Å². The quantitative estimate of drug-likeness (QED) is 0.763. The van der Waals surface area contributed by atoms with E-state index in [1.165, 1.54) is 25.3 Å². The minimum Gasteiger partial charge on any atom is -0.495 e. The monoisotopic (exact) mass is 311 g/mol. The van der Waals surface area contributed by atoms with Crippen molar-refractivity contribution in [3.8, 4) is 5.75 Å². The highest BCUT2D eigenvalue weighted by Gasteiger charge is 2.22. The molecule has 0 aliphatic heterocycles. The summed E-state index contributed by atoms with van der Waals surface area (Å²) in [5.41, 5.74) is 0.522. The maximum Gasteiger partial charge on any atom is 0.335 e. The van der Waals surface area contributed by atoms with Gasteiger partial charge < -0.3 is 9.84 Å². The third-order valence-electron chi connectivity index (χ3n) is 2.64. The number of carboxylic acids is 1. The molecule has 0 aliphatic rings. The molecule has 3 N–H and O–H groups in total. The molecule has 8 nitrogen and oxygen atoms in total. The number of aromatic amines is 1. The summed E-state index contributed by atoms with van der Waals surface area (Å²) in [6, 6.07) is 5.08. The zero-order valence-corrected chi connectivity index (χ0v) is 12.1. The fraction of sp³-hybridized carbons (Fsp3) is 0.167.